The zero-order valence-electron chi connectivity index (χ0n) is 16.2. The fraction of sp³-hybridized carbons (Fsp3) is 0.333. The Bertz CT molecular complexity index is 845. The number of carbonyl (C=O) groups excluding carboxylic acids is 2. The third-order valence-corrected chi connectivity index (χ3v) is 4.51. The van der Waals surface area contributed by atoms with Crippen LogP contribution in [0.1, 0.15) is 27.6 Å². The lowest BCUT2D eigenvalue weighted by Gasteiger charge is -2.31. The molecule has 28 heavy (non-hydrogen) atoms. The number of hydrogen-bond donors (Lipinski definition) is 1. The fourth-order valence-corrected chi connectivity index (χ4v) is 3.06. The molecule has 0 saturated carbocycles. The van der Waals surface area contributed by atoms with Gasteiger partial charge in [0.05, 0.1) is 26.9 Å². The average Bonchev–Trinajstić information content (AvgIpc) is 2.72. The zero-order chi connectivity index (χ0) is 20.1. The summed E-state index contributed by atoms with van der Waals surface area (Å²) in [6.07, 6.45) is 0.0172. The monoisotopic (exact) mass is 384 g/mol. The van der Waals surface area contributed by atoms with E-state index in [-0.39, 0.29) is 17.9 Å². The highest BCUT2D eigenvalue weighted by Gasteiger charge is 2.22. The van der Waals surface area contributed by atoms with Gasteiger partial charge in [0.2, 0.25) is 0 Å². The number of morpholine rings is 1. The molecule has 148 valence electrons. The molecule has 0 aromatic heterocycles. The van der Waals surface area contributed by atoms with Gasteiger partial charge in [-0.15, -0.1) is 0 Å². The maximum Gasteiger partial charge on any atom is 0.255 e. The second kappa shape index (κ2) is 8.75. The lowest BCUT2D eigenvalue weighted by molar-refractivity contribution is -0.0124. The van der Waals surface area contributed by atoms with E-state index in [0.29, 0.717) is 48.0 Å². The summed E-state index contributed by atoms with van der Waals surface area (Å²) in [6, 6.07) is 11.9. The number of amides is 2. The number of rotatable bonds is 5. The van der Waals surface area contributed by atoms with Crippen LogP contribution in [-0.4, -0.2) is 56.7 Å². The molecule has 0 spiro atoms. The van der Waals surface area contributed by atoms with Gasteiger partial charge in [-0.2, -0.15) is 0 Å². The molecule has 0 radical (unpaired) electrons. The first-order valence-electron chi connectivity index (χ1n) is 9.05. The van der Waals surface area contributed by atoms with Crippen molar-refractivity contribution in [1.82, 2.24) is 4.90 Å². The number of ether oxygens (including phenoxy) is 3. The van der Waals surface area contributed by atoms with Crippen LogP contribution in [-0.2, 0) is 4.74 Å². The van der Waals surface area contributed by atoms with E-state index in [9.17, 15) is 9.59 Å². The van der Waals surface area contributed by atoms with Gasteiger partial charge in [-0.05, 0) is 37.3 Å². The molecule has 0 bridgehead atoms. The maximum atomic E-state index is 12.7. The van der Waals surface area contributed by atoms with Crippen LogP contribution in [0, 0.1) is 0 Å². The molecule has 3 rings (SSSR count). The second-order valence-corrected chi connectivity index (χ2v) is 6.57. The Morgan fingerprint density at radius 2 is 1.79 bits per heavy atom. The molecule has 2 amide bonds. The minimum absolute atomic E-state index is 0.0172. The van der Waals surface area contributed by atoms with Gasteiger partial charge in [0.1, 0.15) is 11.5 Å². The topological polar surface area (TPSA) is 77.1 Å². The van der Waals surface area contributed by atoms with E-state index in [1.54, 1.807) is 47.4 Å². The summed E-state index contributed by atoms with van der Waals surface area (Å²) in [7, 11) is 3.05. The Morgan fingerprint density at radius 1 is 1.07 bits per heavy atom. The molecular weight excluding hydrogens is 360 g/mol. The van der Waals surface area contributed by atoms with Crippen molar-refractivity contribution in [1.29, 1.82) is 0 Å². The first kappa shape index (κ1) is 19.7. The Kier molecular flexibility index (Phi) is 6.16. The van der Waals surface area contributed by atoms with Crippen LogP contribution in [0.5, 0.6) is 11.5 Å². The summed E-state index contributed by atoms with van der Waals surface area (Å²) in [5, 5.41) is 2.82. The van der Waals surface area contributed by atoms with Gasteiger partial charge < -0.3 is 24.4 Å². The molecule has 1 fully saturated rings. The van der Waals surface area contributed by atoms with Gasteiger partial charge in [-0.3, -0.25) is 9.59 Å². The Hall–Kier alpha value is -3.06. The van der Waals surface area contributed by atoms with E-state index >= 15 is 0 Å². The fourth-order valence-electron chi connectivity index (χ4n) is 3.06. The second-order valence-electron chi connectivity index (χ2n) is 6.57. The van der Waals surface area contributed by atoms with Crippen molar-refractivity contribution < 1.29 is 23.8 Å². The molecule has 1 atom stereocenters. The summed E-state index contributed by atoms with van der Waals surface area (Å²) in [5.74, 6) is 0.654. The smallest absolute Gasteiger partial charge is 0.255 e. The molecule has 7 nitrogen and oxygen atoms in total. The van der Waals surface area contributed by atoms with Crippen LogP contribution >= 0.6 is 0 Å². The molecule has 1 aliphatic heterocycles. The number of benzene rings is 2. The van der Waals surface area contributed by atoms with Crippen molar-refractivity contribution in [3.8, 4) is 11.5 Å². The number of anilines is 1. The van der Waals surface area contributed by atoms with Gasteiger partial charge in [0, 0.05) is 36.0 Å². The molecule has 2 aromatic rings. The van der Waals surface area contributed by atoms with E-state index in [1.165, 1.54) is 14.2 Å². The number of methoxy groups -OCH3 is 2. The lowest BCUT2D eigenvalue weighted by atomic mass is 10.1. The Labute approximate surface area is 164 Å². The summed E-state index contributed by atoms with van der Waals surface area (Å²) in [5.41, 5.74) is 1.46. The van der Waals surface area contributed by atoms with E-state index in [4.69, 9.17) is 14.2 Å². The van der Waals surface area contributed by atoms with Gasteiger partial charge in [0.15, 0.2) is 0 Å². The van der Waals surface area contributed by atoms with Crippen LogP contribution < -0.4 is 14.8 Å². The van der Waals surface area contributed by atoms with Crippen molar-refractivity contribution in [3.63, 3.8) is 0 Å². The standard InChI is InChI=1S/C21H24N2O5/c1-14-13-23(7-8-28-14)21(25)15-5-4-6-17(9-15)22-20(24)16-10-18(26-2)12-19(11-16)27-3/h4-6,9-12,14H,7-8,13H2,1-3H3,(H,22,24). The number of nitrogens with zero attached hydrogens (tertiary/aromatic N) is 1. The first-order chi connectivity index (χ1) is 13.5. The molecule has 2 aromatic carbocycles. The molecule has 1 unspecified atom stereocenters. The van der Waals surface area contributed by atoms with E-state index < -0.39 is 0 Å². The third kappa shape index (κ3) is 4.61. The van der Waals surface area contributed by atoms with E-state index in [0.717, 1.165) is 0 Å². The Morgan fingerprint density at radius 3 is 2.43 bits per heavy atom. The summed E-state index contributed by atoms with van der Waals surface area (Å²) >= 11 is 0. The highest BCUT2D eigenvalue weighted by Crippen LogP contribution is 2.23. The first-order valence-corrected chi connectivity index (χ1v) is 9.05. The molecule has 1 N–H and O–H groups in total. The maximum absolute atomic E-state index is 12.7. The average molecular weight is 384 g/mol. The molecule has 7 heteroatoms. The summed E-state index contributed by atoms with van der Waals surface area (Å²) < 4.78 is 15.9. The Balaban J connectivity index is 1.75. The van der Waals surface area contributed by atoms with Crippen LogP contribution in [0.15, 0.2) is 42.5 Å². The van der Waals surface area contributed by atoms with Gasteiger partial charge in [0.25, 0.3) is 11.8 Å². The van der Waals surface area contributed by atoms with Gasteiger partial charge in [-0.1, -0.05) is 6.07 Å². The SMILES string of the molecule is COc1cc(OC)cc(C(=O)Nc2cccc(C(=O)N3CCOC(C)C3)c2)c1. The van der Waals surface area contributed by atoms with Crippen LogP contribution in [0.25, 0.3) is 0 Å². The van der Waals surface area contributed by atoms with Gasteiger partial charge >= 0.3 is 0 Å². The largest absolute Gasteiger partial charge is 0.497 e. The van der Waals surface area contributed by atoms with Crippen molar-refractivity contribution in [2.24, 2.45) is 0 Å². The zero-order valence-corrected chi connectivity index (χ0v) is 16.2. The molecule has 1 aliphatic rings. The number of hydrogen-bond acceptors (Lipinski definition) is 5. The predicted molar refractivity (Wildman–Crippen MR) is 105 cm³/mol. The number of nitrogens with one attached hydrogen (secondary N) is 1. The van der Waals surface area contributed by atoms with Crippen LogP contribution in [0.4, 0.5) is 5.69 Å². The van der Waals surface area contributed by atoms with Crippen molar-refractivity contribution >= 4 is 17.5 Å². The van der Waals surface area contributed by atoms with Crippen LogP contribution in [0.2, 0.25) is 0 Å². The molecular formula is C21H24N2O5. The minimum atomic E-state index is -0.318. The van der Waals surface area contributed by atoms with E-state index in [2.05, 4.69) is 5.32 Å². The normalized spacial score (nSPS) is 16.4. The third-order valence-electron chi connectivity index (χ3n) is 4.51. The predicted octanol–water partition coefficient (Wildman–Crippen LogP) is 2.82. The van der Waals surface area contributed by atoms with Crippen molar-refractivity contribution in [3.05, 3.63) is 53.6 Å². The van der Waals surface area contributed by atoms with Crippen LogP contribution in [0.3, 0.4) is 0 Å². The highest BCUT2D eigenvalue weighted by atomic mass is 16.5. The highest BCUT2D eigenvalue weighted by molar-refractivity contribution is 6.05. The lowest BCUT2D eigenvalue weighted by Crippen LogP contribution is -2.44. The van der Waals surface area contributed by atoms with Crippen molar-refractivity contribution in [2.75, 3.05) is 39.2 Å². The van der Waals surface area contributed by atoms with Gasteiger partial charge in [-0.25, -0.2) is 0 Å². The van der Waals surface area contributed by atoms with Crippen molar-refractivity contribution in [2.45, 2.75) is 13.0 Å². The molecule has 0 aliphatic carbocycles. The molecule has 1 heterocycles. The quantitative estimate of drug-likeness (QED) is 0.858. The number of carbonyl (C=O) groups is 2. The van der Waals surface area contributed by atoms with E-state index in [1.807, 2.05) is 6.92 Å². The summed E-state index contributed by atoms with van der Waals surface area (Å²) in [4.78, 5) is 27.2. The summed E-state index contributed by atoms with van der Waals surface area (Å²) in [6.45, 7) is 3.59. The minimum Gasteiger partial charge on any atom is -0.497 e. The molecule has 1 saturated heterocycles.